The minimum absolute atomic E-state index is 0. The molecular formula is C16H23ClN4O2. The van der Waals surface area contributed by atoms with Gasteiger partial charge in [-0.25, -0.2) is 0 Å². The van der Waals surface area contributed by atoms with E-state index < -0.39 is 0 Å². The van der Waals surface area contributed by atoms with Gasteiger partial charge in [-0.2, -0.15) is 0 Å². The Balaban J connectivity index is 0.00000192. The van der Waals surface area contributed by atoms with Crippen LogP contribution in [0.4, 0.5) is 0 Å². The lowest BCUT2D eigenvalue weighted by Crippen LogP contribution is -2.56. The van der Waals surface area contributed by atoms with Gasteiger partial charge in [0.05, 0.1) is 12.5 Å². The molecule has 6 nitrogen and oxygen atoms in total. The molecule has 1 saturated heterocycles. The van der Waals surface area contributed by atoms with Gasteiger partial charge >= 0.3 is 0 Å². The smallest absolute Gasteiger partial charge is 0.240 e. The molecule has 1 aliphatic carbocycles. The summed E-state index contributed by atoms with van der Waals surface area (Å²) in [5, 5.41) is 6.00. The summed E-state index contributed by atoms with van der Waals surface area (Å²) in [4.78, 5) is 30.3. The topological polar surface area (TPSA) is 74.3 Å². The number of carbonyl (C=O) groups excluding carboxylic acids is 2. The second kappa shape index (κ2) is 8.26. The fraction of sp³-hybridized carbons (Fsp3) is 0.562. The van der Waals surface area contributed by atoms with Gasteiger partial charge in [0.15, 0.2) is 0 Å². The SMILES string of the molecule is Cl.O=C(CC1NCCN(CC2CC2)C1=O)NCc1cccnc1. The number of rotatable bonds is 6. The molecule has 2 amide bonds. The van der Waals surface area contributed by atoms with E-state index in [9.17, 15) is 9.59 Å². The van der Waals surface area contributed by atoms with Crippen molar-refractivity contribution in [3.63, 3.8) is 0 Å². The lowest BCUT2D eigenvalue weighted by molar-refractivity contribution is -0.138. The Kier molecular flexibility index (Phi) is 6.36. The van der Waals surface area contributed by atoms with E-state index in [1.54, 1.807) is 12.4 Å². The molecule has 1 saturated carbocycles. The van der Waals surface area contributed by atoms with E-state index in [0.717, 1.165) is 25.2 Å². The molecule has 126 valence electrons. The maximum Gasteiger partial charge on any atom is 0.240 e. The molecule has 0 radical (unpaired) electrons. The maximum absolute atomic E-state index is 12.4. The average Bonchev–Trinajstić information content (AvgIpc) is 3.34. The first-order valence-corrected chi connectivity index (χ1v) is 7.90. The van der Waals surface area contributed by atoms with Crippen molar-refractivity contribution in [3.8, 4) is 0 Å². The van der Waals surface area contributed by atoms with Crippen molar-refractivity contribution in [2.24, 2.45) is 5.92 Å². The Morgan fingerprint density at radius 1 is 1.43 bits per heavy atom. The van der Waals surface area contributed by atoms with E-state index in [-0.39, 0.29) is 36.7 Å². The van der Waals surface area contributed by atoms with Crippen LogP contribution in [0.3, 0.4) is 0 Å². The molecular weight excluding hydrogens is 316 g/mol. The van der Waals surface area contributed by atoms with Crippen molar-refractivity contribution in [3.05, 3.63) is 30.1 Å². The van der Waals surface area contributed by atoms with Crippen LogP contribution in [0.1, 0.15) is 24.8 Å². The van der Waals surface area contributed by atoms with Crippen LogP contribution < -0.4 is 10.6 Å². The molecule has 23 heavy (non-hydrogen) atoms. The number of aromatic nitrogens is 1. The fourth-order valence-corrected chi connectivity index (χ4v) is 2.71. The molecule has 7 heteroatoms. The molecule has 2 aliphatic rings. The van der Waals surface area contributed by atoms with Crippen LogP contribution in [-0.4, -0.2) is 47.4 Å². The molecule has 1 aromatic rings. The molecule has 1 aliphatic heterocycles. The zero-order valence-corrected chi connectivity index (χ0v) is 13.8. The van der Waals surface area contributed by atoms with Crippen LogP contribution in [0.25, 0.3) is 0 Å². The monoisotopic (exact) mass is 338 g/mol. The van der Waals surface area contributed by atoms with Crippen molar-refractivity contribution in [2.45, 2.75) is 31.8 Å². The summed E-state index contributed by atoms with van der Waals surface area (Å²) < 4.78 is 0. The first kappa shape index (κ1) is 17.7. The number of hydrogen-bond donors (Lipinski definition) is 2. The minimum atomic E-state index is -0.388. The van der Waals surface area contributed by atoms with Gasteiger partial charge in [0.2, 0.25) is 11.8 Å². The Morgan fingerprint density at radius 2 is 2.26 bits per heavy atom. The molecule has 1 atom stereocenters. The van der Waals surface area contributed by atoms with Gasteiger partial charge in [0.25, 0.3) is 0 Å². The molecule has 3 rings (SSSR count). The molecule has 2 N–H and O–H groups in total. The number of piperazine rings is 1. The number of pyridine rings is 1. The van der Waals surface area contributed by atoms with Gasteiger partial charge in [-0.15, -0.1) is 12.4 Å². The van der Waals surface area contributed by atoms with Crippen LogP contribution in [-0.2, 0) is 16.1 Å². The highest BCUT2D eigenvalue weighted by Gasteiger charge is 2.33. The normalized spacial score (nSPS) is 20.8. The van der Waals surface area contributed by atoms with E-state index in [1.807, 2.05) is 17.0 Å². The highest BCUT2D eigenvalue weighted by atomic mass is 35.5. The highest BCUT2D eigenvalue weighted by molar-refractivity contribution is 5.88. The van der Waals surface area contributed by atoms with Crippen molar-refractivity contribution < 1.29 is 9.59 Å². The third kappa shape index (κ3) is 5.18. The second-order valence-corrected chi connectivity index (χ2v) is 6.08. The van der Waals surface area contributed by atoms with Gasteiger partial charge in [-0.1, -0.05) is 6.07 Å². The lowest BCUT2D eigenvalue weighted by Gasteiger charge is -2.33. The maximum atomic E-state index is 12.4. The van der Waals surface area contributed by atoms with Gasteiger partial charge < -0.3 is 15.5 Å². The Labute approximate surface area is 142 Å². The number of hydrogen-bond acceptors (Lipinski definition) is 4. The molecule has 0 aromatic carbocycles. The first-order chi connectivity index (χ1) is 10.7. The van der Waals surface area contributed by atoms with Gasteiger partial charge in [-0.3, -0.25) is 14.6 Å². The van der Waals surface area contributed by atoms with Crippen LogP contribution >= 0.6 is 12.4 Å². The van der Waals surface area contributed by atoms with Crippen LogP contribution in [0.15, 0.2) is 24.5 Å². The molecule has 1 unspecified atom stereocenters. The predicted octanol–water partition coefficient (Wildman–Crippen LogP) is 0.720. The number of nitrogens with zero attached hydrogens (tertiary/aromatic N) is 2. The van der Waals surface area contributed by atoms with Crippen LogP contribution in [0.5, 0.6) is 0 Å². The van der Waals surface area contributed by atoms with Crippen molar-refractivity contribution >= 4 is 24.2 Å². The number of amides is 2. The summed E-state index contributed by atoms with van der Waals surface area (Å²) in [6.07, 6.45) is 6.08. The molecule has 2 fully saturated rings. The zero-order chi connectivity index (χ0) is 15.4. The summed E-state index contributed by atoms with van der Waals surface area (Å²) in [6, 6.07) is 3.36. The van der Waals surface area contributed by atoms with Gasteiger partial charge in [-0.05, 0) is 30.4 Å². The first-order valence-electron chi connectivity index (χ1n) is 7.90. The van der Waals surface area contributed by atoms with Crippen molar-refractivity contribution in [1.29, 1.82) is 0 Å². The van der Waals surface area contributed by atoms with E-state index in [0.29, 0.717) is 12.5 Å². The Bertz CT molecular complexity index is 536. The highest BCUT2D eigenvalue weighted by Crippen LogP contribution is 2.30. The number of carbonyl (C=O) groups is 2. The van der Waals surface area contributed by atoms with E-state index in [2.05, 4.69) is 15.6 Å². The Hall–Kier alpha value is -1.66. The minimum Gasteiger partial charge on any atom is -0.352 e. The molecule has 0 spiro atoms. The lowest BCUT2D eigenvalue weighted by atomic mass is 10.1. The Morgan fingerprint density at radius 3 is 2.96 bits per heavy atom. The van der Waals surface area contributed by atoms with E-state index >= 15 is 0 Å². The van der Waals surface area contributed by atoms with Crippen molar-refractivity contribution in [1.82, 2.24) is 20.5 Å². The number of halogens is 1. The summed E-state index contributed by atoms with van der Waals surface area (Å²) in [6.45, 7) is 2.82. The fourth-order valence-electron chi connectivity index (χ4n) is 2.71. The van der Waals surface area contributed by atoms with Gasteiger partial charge in [0.1, 0.15) is 0 Å². The largest absolute Gasteiger partial charge is 0.352 e. The molecule has 0 bridgehead atoms. The van der Waals surface area contributed by atoms with Gasteiger partial charge in [0, 0.05) is 38.6 Å². The summed E-state index contributed by atoms with van der Waals surface area (Å²) in [5.41, 5.74) is 0.953. The summed E-state index contributed by atoms with van der Waals surface area (Å²) >= 11 is 0. The van der Waals surface area contributed by atoms with Crippen LogP contribution in [0, 0.1) is 5.92 Å². The van der Waals surface area contributed by atoms with E-state index in [1.165, 1.54) is 12.8 Å². The second-order valence-electron chi connectivity index (χ2n) is 6.08. The van der Waals surface area contributed by atoms with Crippen LogP contribution in [0.2, 0.25) is 0 Å². The quantitative estimate of drug-likeness (QED) is 0.801. The third-order valence-corrected chi connectivity index (χ3v) is 4.16. The molecule has 2 heterocycles. The standard InChI is InChI=1S/C16H22N4O2.ClH/c21-15(19-10-13-2-1-5-17-9-13)8-14-16(22)20(7-6-18-14)11-12-3-4-12;/h1-2,5,9,12,14,18H,3-4,6-8,10-11H2,(H,19,21);1H. The van der Waals surface area contributed by atoms with Crippen molar-refractivity contribution in [2.75, 3.05) is 19.6 Å². The third-order valence-electron chi connectivity index (χ3n) is 4.16. The number of nitrogens with one attached hydrogen (secondary N) is 2. The summed E-state index contributed by atoms with van der Waals surface area (Å²) in [5.74, 6) is 0.639. The molecule has 1 aromatic heterocycles. The summed E-state index contributed by atoms with van der Waals surface area (Å²) in [7, 11) is 0. The zero-order valence-electron chi connectivity index (χ0n) is 13.0. The average molecular weight is 339 g/mol. The predicted molar refractivity (Wildman–Crippen MR) is 89.0 cm³/mol. The van der Waals surface area contributed by atoms with E-state index in [4.69, 9.17) is 0 Å².